The smallest absolute Gasteiger partial charge is 0.248 e. The molecular formula is C28H32F3N5O. The van der Waals surface area contributed by atoms with E-state index in [1.165, 1.54) is 23.2 Å². The molecule has 37 heavy (non-hydrogen) atoms. The number of hydrogen-bond acceptors (Lipinski definition) is 4. The number of nitrogens with zero attached hydrogens (tertiary/aromatic N) is 4. The molecular weight excluding hydrogens is 479 g/mol. The van der Waals surface area contributed by atoms with Gasteiger partial charge in [0.2, 0.25) is 5.91 Å². The van der Waals surface area contributed by atoms with Crippen LogP contribution in [0, 0.1) is 22.9 Å². The lowest BCUT2D eigenvalue weighted by molar-refractivity contribution is -0.126. The van der Waals surface area contributed by atoms with Gasteiger partial charge in [-0.2, -0.15) is 10.2 Å². The number of hydrogen-bond donors (Lipinski definition) is 1. The number of amides is 1. The van der Waals surface area contributed by atoms with Crippen LogP contribution < -0.4 is 10.3 Å². The first-order valence-electron chi connectivity index (χ1n) is 12.3. The second-order valence-corrected chi connectivity index (χ2v) is 10.8. The number of rotatable bonds is 7. The van der Waals surface area contributed by atoms with E-state index in [4.69, 9.17) is 5.10 Å². The number of carbonyl (C=O) groups excluding carboxylic acids is 1. The standard InChI is InChI=1S/C28H32F3N5O/c1-27(2,3)13-6-14-32-26(37)28(4)24(19-16-33-35(5)17-19)25(18-7-9-20(29)10-8-18)34-36(28)23-12-11-21(30)15-22(23)31/h7-12,15-17,24H,6,13-14H2,1-5H3,(H,32,37). The summed E-state index contributed by atoms with van der Waals surface area (Å²) in [6.45, 7) is 8.51. The minimum Gasteiger partial charge on any atom is -0.354 e. The molecule has 2 atom stereocenters. The summed E-state index contributed by atoms with van der Waals surface area (Å²) >= 11 is 0. The van der Waals surface area contributed by atoms with E-state index in [0.29, 0.717) is 23.4 Å². The van der Waals surface area contributed by atoms with Crippen molar-refractivity contribution in [3.8, 4) is 0 Å². The highest BCUT2D eigenvalue weighted by molar-refractivity contribution is 6.13. The second-order valence-electron chi connectivity index (χ2n) is 10.8. The highest BCUT2D eigenvalue weighted by atomic mass is 19.1. The zero-order chi connectivity index (χ0) is 27.0. The highest BCUT2D eigenvalue weighted by Gasteiger charge is 2.55. The first-order valence-corrected chi connectivity index (χ1v) is 12.3. The number of nitrogens with one attached hydrogen (secondary N) is 1. The van der Waals surface area contributed by atoms with E-state index < -0.39 is 28.9 Å². The average Bonchev–Trinajstić information content (AvgIpc) is 3.37. The van der Waals surface area contributed by atoms with Gasteiger partial charge >= 0.3 is 0 Å². The van der Waals surface area contributed by atoms with E-state index in [0.717, 1.165) is 25.0 Å². The SMILES string of the molecule is Cn1cc(C2C(c3ccc(F)cc3)=NN(c3ccc(F)cc3F)C2(C)C(=O)NCCCC(C)(C)C)cn1. The third-order valence-corrected chi connectivity index (χ3v) is 6.67. The van der Waals surface area contributed by atoms with Crippen molar-refractivity contribution in [2.45, 2.75) is 52.0 Å². The van der Waals surface area contributed by atoms with Gasteiger partial charge in [0, 0.05) is 31.4 Å². The van der Waals surface area contributed by atoms with Gasteiger partial charge in [-0.1, -0.05) is 32.9 Å². The van der Waals surface area contributed by atoms with E-state index in [9.17, 15) is 13.6 Å². The molecule has 2 heterocycles. The summed E-state index contributed by atoms with van der Waals surface area (Å²) in [7, 11) is 1.76. The molecule has 2 aromatic carbocycles. The van der Waals surface area contributed by atoms with Gasteiger partial charge in [-0.25, -0.2) is 18.2 Å². The number of aromatic nitrogens is 2. The molecule has 1 N–H and O–H groups in total. The van der Waals surface area contributed by atoms with Gasteiger partial charge in [0.05, 0.1) is 23.5 Å². The minimum atomic E-state index is -1.44. The molecule has 1 aromatic heterocycles. The summed E-state index contributed by atoms with van der Waals surface area (Å²) in [6, 6.07) is 8.93. The van der Waals surface area contributed by atoms with Crippen molar-refractivity contribution < 1.29 is 18.0 Å². The molecule has 0 saturated heterocycles. The van der Waals surface area contributed by atoms with Gasteiger partial charge in [-0.3, -0.25) is 9.48 Å². The average molecular weight is 512 g/mol. The Balaban J connectivity index is 1.83. The first-order chi connectivity index (χ1) is 17.4. The van der Waals surface area contributed by atoms with Crippen LogP contribution in [-0.2, 0) is 11.8 Å². The summed E-state index contributed by atoms with van der Waals surface area (Å²) in [5, 5.41) is 13.3. The number of carbonyl (C=O) groups is 1. The predicted octanol–water partition coefficient (Wildman–Crippen LogP) is 5.55. The van der Waals surface area contributed by atoms with Crippen molar-refractivity contribution in [3.63, 3.8) is 0 Å². The Kier molecular flexibility index (Phi) is 7.17. The van der Waals surface area contributed by atoms with Crippen molar-refractivity contribution in [1.29, 1.82) is 0 Å². The van der Waals surface area contributed by atoms with Crippen molar-refractivity contribution in [2.24, 2.45) is 17.6 Å². The van der Waals surface area contributed by atoms with Crippen molar-refractivity contribution in [1.82, 2.24) is 15.1 Å². The van der Waals surface area contributed by atoms with E-state index in [1.54, 1.807) is 43.2 Å². The van der Waals surface area contributed by atoms with E-state index in [-0.39, 0.29) is 17.0 Å². The van der Waals surface area contributed by atoms with Gasteiger partial charge in [0.25, 0.3) is 0 Å². The fourth-order valence-corrected chi connectivity index (χ4v) is 4.76. The molecule has 6 nitrogen and oxygen atoms in total. The van der Waals surface area contributed by atoms with Gasteiger partial charge < -0.3 is 5.32 Å². The van der Waals surface area contributed by atoms with Crippen LogP contribution in [0.3, 0.4) is 0 Å². The van der Waals surface area contributed by atoms with Crippen LogP contribution >= 0.6 is 0 Å². The third kappa shape index (κ3) is 5.40. The summed E-state index contributed by atoms with van der Waals surface area (Å²) in [6.07, 6.45) is 5.09. The highest BCUT2D eigenvalue weighted by Crippen LogP contribution is 2.45. The zero-order valence-electron chi connectivity index (χ0n) is 21.7. The molecule has 2 unspecified atom stereocenters. The molecule has 0 spiro atoms. The van der Waals surface area contributed by atoms with Crippen LogP contribution in [0.25, 0.3) is 0 Å². The lowest BCUT2D eigenvalue weighted by atomic mass is 9.76. The van der Waals surface area contributed by atoms with Crippen LogP contribution in [-0.4, -0.2) is 33.5 Å². The Morgan fingerprint density at radius 1 is 1.08 bits per heavy atom. The Bertz CT molecular complexity index is 1310. The molecule has 9 heteroatoms. The fourth-order valence-electron chi connectivity index (χ4n) is 4.76. The second kappa shape index (κ2) is 10.0. The fraction of sp³-hybridized carbons (Fsp3) is 0.393. The number of aryl methyl sites for hydroxylation is 1. The van der Waals surface area contributed by atoms with E-state index in [1.807, 2.05) is 0 Å². The molecule has 3 aromatic rings. The van der Waals surface area contributed by atoms with Crippen LogP contribution in [0.1, 0.15) is 57.6 Å². The van der Waals surface area contributed by atoms with Crippen LogP contribution in [0.2, 0.25) is 0 Å². The third-order valence-electron chi connectivity index (χ3n) is 6.67. The van der Waals surface area contributed by atoms with Gasteiger partial charge in [-0.05, 0) is 55.0 Å². The molecule has 1 aliphatic rings. The first kappa shape index (κ1) is 26.4. The van der Waals surface area contributed by atoms with E-state index in [2.05, 4.69) is 31.2 Å². The molecule has 0 fully saturated rings. The van der Waals surface area contributed by atoms with Crippen molar-refractivity contribution in [3.05, 3.63) is 83.4 Å². The number of benzene rings is 2. The molecule has 0 aliphatic carbocycles. The number of halogens is 3. The van der Waals surface area contributed by atoms with Crippen LogP contribution in [0.5, 0.6) is 0 Å². The molecule has 1 aliphatic heterocycles. The summed E-state index contributed by atoms with van der Waals surface area (Å²) in [5.74, 6) is -3.04. The summed E-state index contributed by atoms with van der Waals surface area (Å²) in [4.78, 5) is 14.0. The minimum absolute atomic E-state index is 0.0419. The van der Waals surface area contributed by atoms with Crippen molar-refractivity contribution >= 4 is 17.3 Å². The number of anilines is 1. The molecule has 0 saturated carbocycles. The summed E-state index contributed by atoms with van der Waals surface area (Å²) in [5.41, 5.74) is 0.342. The Hall–Kier alpha value is -3.62. The topological polar surface area (TPSA) is 62.5 Å². The van der Waals surface area contributed by atoms with Gasteiger partial charge in [0.1, 0.15) is 11.6 Å². The molecule has 1 amide bonds. The Morgan fingerprint density at radius 2 is 1.76 bits per heavy atom. The maximum Gasteiger partial charge on any atom is 0.248 e. The maximum absolute atomic E-state index is 15.1. The molecule has 196 valence electrons. The predicted molar refractivity (Wildman–Crippen MR) is 138 cm³/mol. The Morgan fingerprint density at radius 3 is 2.35 bits per heavy atom. The molecule has 4 rings (SSSR count). The zero-order valence-corrected chi connectivity index (χ0v) is 21.7. The molecule has 0 bridgehead atoms. The van der Waals surface area contributed by atoms with Crippen LogP contribution in [0.15, 0.2) is 60.0 Å². The largest absolute Gasteiger partial charge is 0.354 e. The van der Waals surface area contributed by atoms with Crippen molar-refractivity contribution in [2.75, 3.05) is 11.6 Å². The summed E-state index contributed by atoms with van der Waals surface area (Å²) < 4.78 is 44.3. The lowest BCUT2D eigenvalue weighted by Gasteiger charge is -2.37. The quantitative estimate of drug-likeness (QED) is 0.424. The lowest BCUT2D eigenvalue weighted by Crippen LogP contribution is -2.57. The monoisotopic (exact) mass is 511 g/mol. The maximum atomic E-state index is 15.1. The number of hydrazone groups is 1. The molecule has 0 radical (unpaired) electrons. The Labute approximate surface area is 215 Å². The van der Waals surface area contributed by atoms with Crippen LogP contribution in [0.4, 0.5) is 18.9 Å². The van der Waals surface area contributed by atoms with Gasteiger partial charge in [-0.15, -0.1) is 0 Å². The van der Waals surface area contributed by atoms with Gasteiger partial charge in [0.15, 0.2) is 11.4 Å². The normalized spacial score (nSPS) is 19.7. The van der Waals surface area contributed by atoms with E-state index >= 15 is 4.39 Å².